The van der Waals surface area contributed by atoms with Gasteiger partial charge in [-0.25, -0.2) is 4.79 Å². The Hall–Kier alpha value is -1.56. The molecule has 1 atom stereocenters. The van der Waals surface area contributed by atoms with Gasteiger partial charge in [0.1, 0.15) is 5.82 Å². The number of nitrogens with one attached hydrogen (secondary N) is 1. The Morgan fingerprint density at radius 3 is 2.79 bits per heavy atom. The summed E-state index contributed by atoms with van der Waals surface area (Å²) in [6.45, 7) is 2.12. The maximum absolute atomic E-state index is 11.3. The van der Waals surface area contributed by atoms with Crippen LogP contribution in [0.4, 0.5) is 5.82 Å². The van der Waals surface area contributed by atoms with E-state index in [-0.39, 0.29) is 11.9 Å². The number of hydrogen-bond donors (Lipinski definition) is 2. The molecule has 3 N–H and O–H groups in total. The van der Waals surface area contributed by atoms with Gasteiger partial charge in [-0.2, -0.15) is 0 Å². The summed E-state index contributed by atoms with van der Waals surface area (Å²) in [7, 11) is 1.54. The molecular weight excluding hydrogens is 186 g/mol. The highest BCUT2D eigenvalue weighted by atomic mass is 16.5. The number of nitrogen functional groups attached to an aromatic ring is 1. The molecule has 6 heteroatoms. The summed E-state index contributed by atoms with van der Waals surface area (Å²) in [6, 6.07) is 1.17. The largest absolute Gasteiger partial charge is 0.385 e. The van der Waals surface area contributed by atoms with Gasteiger partial charge in [0, 0.05) is 13.2 Å². The van der Waals surface area contributed by atoms with E-state index in [0.717, 1.165) is 0 Å². The zero-order chi connectivity index (χ0) is 10.7. The van der Waals surface area contributed by atoms with Crippen molar-refractivity contribution < 1.29 is 4.74 Å². The second-order valence-electron chi connectivity index (χ2n) is 3.02. The lowest BCUT2D eigenvalue weighted by atomic mass is 10.4. The molecule has 0 saturated heterocycles. The first-order chi connectivity index (χ1) is 6.54. The Kier molecular flexibility index (Phi) is 3.08. The van der Waals surface area contributed by atoms with Crippen LogP contribution in [-0.4, -0.2) is 22.8 Å². The molecule has 0 radical (unpaired) electrons. The molecule has 0 bridgehead atoms. The third kappa shape index (κ3) is 2.23. The van der Waals surface area contributed by atoms with Crippen LogP contribution in [0.5, 0.6) is 0 Å². The number of methoxy groups -OCH3 is 1. The molecule has 0 aromatic carbocycles. The van der Waals surface area contributed by atoms with Gasteiger partial charge in [-0.05, 0) is 6.92 Å². The van der Waals surface area contributed by atoms with Crippen molar-refractivity contribution in [3.05, 3.63) is 26.9 Å². The number of nitrogens with two attached hydrogens (primary N) is 1. The Bertz CT molecular complexity index is 421. The molecule has 0 spiro atoms. The van der Waals surface area contributed by atoms with Gasteiger partial charge >= 0.3 is 5.69 Å². The monoisotopic (exact) mass is 199 g/mol. The minimum absolute atomic E-state index is 0.138. The van der Waals surface area contributed by atoms with E-state index in [9.17, 15) is 9.59 Å². The number of aromatic amines is 1. The molecule has 14 heavy (non-hydrogen) atoms. The van der Waals surface area contributed by atoms with Gasteiger partial charge in [0.25, 0.3) is 5.56 Å². The average Bonchev–Trinajstić information content (AvgIpc) is 2.10. The summed E-state index contributed by atoms with van der Waals surface area (Å²) in [5.41, 5.74) is 4.51. The first-order valence-electron chi connectivity index (χ1n) is 4.17. The molecule has 0 aliphatic rings. The number of H-pyrrole nitrogens is 1. The smallest absolute Gasteiger partial charge is 0.329 e. The van der Waals surface area contributed by atoms with Crippen LogP contribution in [0.3, 0.4) is 0 Å². The van der Waals surface area contributed by atoms with E-state index in [1.165, 1.54) is 17.7 Å². The van der Waals surface area contributed by atoms with Crippen LogP contribution in [0, 0.1) is 0 Å². The number of nitrogens with zero attached hydrogens (tertiary/aromatic N) is 1. The normalized spacial score (nSPS) is 12.7. The number of rotatable bonds is 3. The first-order valence-corrected chi connectivity index (χ1v) is 4.17. The van der Waals surface area contributed by atoms with Gasteiger partial charge in [0.15, 0.2) is 0 Å². The second-order valence-corrected chi connectivity index (χ2v) is 3.02. The van der Waals surface area contributed by atoms with Crippen molar-refractivity contribution >= 4 is 5.82 Å². The number of hydrogen-bond acceptors (Lipinski definition) is 4. The fraction of sp³-hybridized carbons (Fsp3) is 0.500. The molecule has 0 amide bonds. The van der Waals surface area contributed by atoms with Crippen LogP contribution in [0.2, 0.25) is 0 Å². The van der Waals surface area contributed by atoms with Gasteiger partial charge < -0.3 is 10.5 Å². The highest BCUT2D eigenvalue weighted by molar-refractivity contribution is 5.26. The maximum Gasteiger partial charge on any atom is 0.329 e. The third-order valence-corrected chi connectivity index (χ3v) is 1.91. The van der Waals surface area contributed by atoms with Crippen molar-refractivity contribution in [1.82, 2.24) is 9.55 Å². The fourth-order valence-corrected chi connectivity index (χ4v) is 1.06. The minimum atomic E-state index is -0.515. The highest BCUT2D eigenvalue weighted by Crippen LogP contribution is 1.97. The van der Waals surface area contributed by atoms with Crippen molar-refractivity contribution in [2.45, 2.75) is 19.6 Å². The van der Waals surface area contributed by atoms with Gasteiger partial charge in [-0.15, -0.1) is 0 Å². The van der Waals surface area contributed by atoms with E-state index in [1.54, 1.807) is 6.92 Å². The van der Waals surface area contributed by atoms with E-state index in [4.69, 9.17) is 10.5 Å². The lowest BCUT2D eigenvalue weighted by Crippen LogP contribution is -2.34. The topological polar surface area (TPSA) is 90.1 Å². The minimum Gasteiger partial charge on any atom is -0.385 e. The van der Waals surface area contributed by atoms with Crippen molar-refractivity contribution in [3.63, 3.8) is 0 Å². The molecule has 1 aromatic rings. The van der Waals surface area contributed by atoms with Crippen molar-refractivity contribution in [2.24, 2.45) is 0 Å². The van der Waals surface area contributed by atoms with Gasteiger partial charge in [0.2, 0.25) is 0 Å². The second kappa shape index (κ2) is 4.10. The summed E-state index contributed by atoms with van der Waals surface area (Å²) in [5.74, 6) is 0.141. The van der Waals surface area contributed by atoms with E-state index in [2.05, 4.69) is 4.98 Å². The predicted octanol–water partition coefficient (Wildman–Crippen LogP) is -0.846. The van der Waals surface area contributed by atoms with Crippen LogP contribution in [-0.2, 0) is 11.3 Å². The van der Waals surface area contributed by atoms with E-state index in [1.807, 2.05) is 0 Å². The van der Waals surface area contributed by atoms with Crippen LogP contribution in [0.1, 0.15) is 6.92 Å². The average molecular weight is 199 g/mol. The summed E-state index contributed by atoms with van der Waals surface area (Å²) >= 11 is 0. The van der Waals surface area contributed by atoms with Crippen LogP contribution < -0.4 is 17.0 Å². The predicted molar refractivity (Wildman–Crippen MR) is 52.2 cm³/mol. The van der Waals surface area contributed by atoms with Gasteiger partial charge in [-0.1, -0.05) is 0 Å². The third-order valence-electron chi connectivity index (χ3n) is 1.91. The Morgan fingerprint density at radius 1 is 1.64 bits per heavy atom. The molecule has 78 valence electrons. The lowest BCUT2D eigenvalue weighted by molar-refractivity contribution is 0.102. The van der Waals surface area contributed by atoms with Gasteiger partial charge in [-0.3, -0.25) is 14.3 Å². The Balaban J connectivity index is 3.09. The number of aromatic nitrogens is 2. The first kappa shape index (κ1) is 10.5. The van der Waals surface area contributed by atoms with Crippen LogP contribution >= 0.6 is 0 Å². The molecule has 0 saturated carbocycles. The van der Waals surface area contributed by atoms with E-state index >= 15 is 0 Å². The molecule has 1 unspecified atom stereocenters. The lowest BCUT2D eigenvalue weighted by Gasteiger charge is -2.12. The summed E-state index contributed by atoms with van der Waals surface area (Å²) in [5, 5.41) is 0. The number of ether oxygens (including phenoxy) is 1. The van der Waals surface area contributed by atoms with Gasteiger partial charge in [0.05, 0.1) is 12.6 Å². The molecule has 1 heterocycles. The summed E-state index contributed by atoms with van der Waals surface area (Å²) < 4.78 is 6.25. The molecule has 1 aromatic heterocycles. The Morgan fingerprint density at radius 2 is 2.29 bits per heavy atom. The molecule has 0 fully saturated rings. The molecular formula is C8H13N3O3. The Labute approximate surface area is 80.3 Å². The molecule has 1 rings (SSSR count). The highest BCUT2D eigenvalue weighted by Gasteiger charge is 2.06. The SMILES string of the molecule is COC(C)Cn1c(N)cc(=O)[nH]c1=O. The summed E-state index contributed by atoms with van der Waals surface area (Å²) in [6.07, 6.45) is -0.138. The van der Waals surface area contributed by atoms with Crippen molar-refractivity contribution in [1.29, 1.82) is 0 Å². The standard InChI is InChI=1S/C8H13N3O3/c1-5(14-2)4-11-6(9)3-7(12)10-8(11)13/h3,5H,4,9H2,1-2H3,(H,10,12,13). The van der Waals surface area contributed by atoms with E-state index < -0.39 is 11.2 Å². The van der Waals surface area contributed by atoms with Crippen molar-refractivity contribution in [2.75, 3.05) is 12.8 Å². The molecule has 6 nitrogen and oxygen atoms in total. The van der Waals surface area contributed by atoms with Crippen molar-refractivity contribution in [3.8, 4) is 0 Å². The number of anilines is 1. The summed E-state index contributed by atoms with van der Waals surface area (Å²) in [4.78, 5) is 24.2. The molecule has 0 aliphatic heterocycles. The van der Waals surface area contributed by atoms with Crippen LogP contribution in [0.15, 0.2) is 15.7 Å². The van der Waals surface area contributed by atoms with E-state index in [0.29, 0.717) is 6.54 Å². The van der Waals surface area contributed by atoms with Crippen LogP contribution in [0.25, 0.3) is 0 Å². The molecule has 0 aliphatic carbocycles. The zero-order valence-corrected chi connectivity index (χ0v) is 8.11. The zero-order valence-electron chi connectivity index (χ0n) is 8.11. The quantitative estimate of drug-likeness (QED) is 0.663. The maximum atomic E-state index is 11.3. The fourth-order valence-electron chi connectivity index (χ4n) is 1.06.